The number of nitrogens with zero attached hydrogens (tertiary/aromatic N) is 2. The van der Waals surface area contributed by atoms with Gasteiger partial charge in [-0.15, -0.1) is 0 Å². The summed E-state index contributed by atoms with van der Waals surface area (Å²) in [6, 6.07) is 8.36. The standard InChI is InChI=1S/C15H9Br2N3/c16-11-2-1-8-3-10(4-9(8)5-11)14-19-13-6-12(17)7-18-15(13)20-14/h1-3,5-7H,4H2,(H,18,19,20). The molecule has 1 aliphatic rings. The average Bonchev–Trinajstić information content (AvgIpc) is 3.00. The molecular weight excluding hydrogens is 382 g/mol. The summed E-state index contributed by atoms with van der Waals surface area (Å²) in [6.45, 7) is 0. The van der Waals surface area contributed by atoms with E-state index in [2.05, 4.69) is 71.1 Å². The van der Waals surface area contributed by atoms with Gasteiger partial charge >= 0.3 is 0 Å². The minimum absolute atomic E-state index is 0.751. The highest BCUT2D eigenvalue weighted by atomic mass is 79.9. The fourth-order valence-corrected chi connectivity index (χ4v) is 3.23. The van der Waals surface area contributed by atoms with Crippen molar-refractivity contribution in [1.82, 2.24) is 15.0 Å². The number of fused-ring (bicyclic) bond motifs is 2. The molecule has 0 aliphatic heterocycles. The molecule has 0 unspecified atom stereocenters. The average molecular weight is 391 g/mol. The number of allylic oxidation sites excluding steroid dienone is 1. The predicted octanol–water partition coefficient (Wildman–Crippen LogP) is 4.58. The number of aromatic amines is 1. The molecule has 0 saturated heterocycles. The molecule has 1 aliphatic carbocycles. The molecule has 0 fully saturated rings. The van der Waals surface area contributed by atoms with Crippen LogP contribution in [0.2, 0.25) is 0 Å². The van der Waals surface area contributed by atoms with Gasteiger partial charge in [-0.05, 0) is 56.9 Å². The first-order valence-electron chi connectivity index (χ1n) is 6.20. The Morgan fingerprint density at radius 1 is 1.10 bits per heavy atom. The van der Waals surface area contributed by atoms with Crippen molar-refractivity contribution in [2.24, 2.45) is 0 Å². The number of rotatable bonds is 1. The molecule has 1 aromatic carbocycles. The number of pyridine rings is 1. The molecule has 2 aromatic heterocycles. The van der Waals surface area contributed by atoms with Gasteiger partial charge < -0.3 is 4.98 Å². The molecule has 3 nitrogen and oxygen atoms in total. The Bertz CT molecular complexity index is 865. The normalized spacial score (nSPS) is 13.6. The van der Waals surface area contributed by atoms with Crippen LogP contribution in [-0.4, -0.2) is 15.0 Å². The monoisotopic (exact) mass is 389 g/mol. The van der Waals surface area contributed by atoms with E-state index in [1.807, 2.05) is 6.07 Å². The second-order valence-corrected chi connectivity index (χ2v) is 6.63. The van der Waals surface area contributed by atoms with Crippen LogP contribution in [0, 0.1) is 0 Å². The van der Waals surface area contributed by atoms with E-state index < -0.39 is 0 Å². The minimum atomic E-state index is 0.751. The Labute approximate surface area is 132 Å². The van der Waals surface area contributed by atoms with Gasteiger partial charge in [0.05, 0.1) is 5.52 Å². The summed E-state index contributed by atoms with van der Waals surface area (Å²) in [7, 11) is 0. The number of nitrogens with one attached hydrogen (secondary N) is 1. The fourth-order valence-electron chi connectivity index (χ4n) is 2.49. The van der Waals surface area contributed by atoms with E-state index in [9.17, 15) is 0 Å². The van der Waals surface area contributed by atoms with Crippen molar-refractivity contribution in [3.8, 4) is 0 Å². The van der Waals surface area contributed by atoms with Crippen molar-refractivity contribution in [2.75, 3.05) is 0 Å². The van der Waals surface area contributed by atoms with Gasteiger partial charge in [-0.1, -0.05) is 22.0 Å². The number of hydrogen-bond donors (Lipinski definition) is 1. The summed E-state index contributed by atoms with van der Waals surface area (Å²) in [6.07, 6.45) is 4.85. The summed E-state index contributed by atoms with van der Waals surface area (Å²) >= 11 is 6.94. The van der Waals surface area contributed by atoms with Crippen LogP contribution in [0.3, 0.4) is 0 Å². The zero-order chi connectivity index (χ0) is 13.7. The Morgan fingerprint density at radius 3 is 2.90 bits per heavy atom. The van der Waals surface area contributed by atoms with Crippen LogP contribution < -0.4 is 0 Å². The maximum atomic E-state index is 4.57. The summed E-state index contributed by atoms with van der Waals surface area (Å²) < 4.78 is 2.06. The molecule has 3 aromatic rings. The highest BCUT2D eigenvalue weighted by molar-refractivity contribution is 9.10. The lowest BCUT2D eigenvalue weighted by atomic mass is 10.1. The zero-order valence-electron chi connectivity index (χ0n) is 10.3. The summed E-state index contributed by atoms with van der Waals surface area (Å²) in [5.74, 6) is 0.901. The maximum absolute atomic E-state index is 4.57. The molecule has 98 valence electrons. The smallest absolute Gasteiger partial charge is 0.178 e. The van der Waals surface area contributed by atoms with Crippen molar-refractivity contribution in [1.29, 1.82) is 0 Å². The van der Waals surface area contributed by atoms with Gasteiger partial charge in [-0.2, -0.15) is 0 Å². The SMILES string of the molecule is Brc1ccc2c(c1)CC(c1nc3ncc(Br)cc3[nH]1)=C2. The third-order valence-electron chi connectivity index (χ3n) is 3.42. The molecule has 0 bridgehead atoms. The number of imidazole rings is 1. The van der Waals surface area contributed by atoms with Crippen molar-refractivity contribution in [2.45, 2.75) is 6.42 Å². The molecular formula is C15H9Br2N3. The molecule has 5 heteroatoms. The number of aromatic nitrogens is 3. The fraction of sp³-hybridized carbons (Fsp3) is 0.0667. The molecule has 0 atom stereocenters. The first kappa shape index (κ1) is 12.3. The highest BCUT2D eigenvalue weighted by Gasteiger charge is 2.17. The number of H-pyrrole nitrogens is 1. The molecule has 0 spiro atoms. The highest BCUT2D eigenvalue weighted by Crippen LogP contribution is 2.32. The zero-order valence-corrected chi connectivity index (χ0v) is 13.5. The van der Waals surface area contributed by atoms with Crippen molar-refractivity contribution in [3.63, 3.8) is 0 Å². The van der Waals surface area contributed by atoms with Crippen LogP contribution in [-0.2, 0) is 6.42 Å². The number of benzene rings is 1. The first-order chi connectivity index (χ1) is 9.69. The van der Waals surface area contributed by atoms with Gasteiger partial charge in [-0.3, -0.25) is 0 Å². The lowest BCUT2D eigenvalue weighted by Gasteiger charge is -1.98. The van der Waals surface area contributed by atoms with E-state index in [0.717, 1.165) is 32.4 Å². The van der Waals surface area contributed by atoms with Crippen LogP contribution >= 0.6 is 31.9 Å². The van der Waals surface area contributed by atoms with E-state index in [0.29, 0.717) is 0 Å². The van der Waals surface area contributed by atoms with Crippen LogP contribution in [0.15, 0.2) is 39.4 Å². The second kappa shape index (κ2) is 4.53. The quantitative estimate of drug-likeness (QED) is 0.660. The Balaban J connectivity index is 1.78. The molecule has 1 N–H and O–H groups in total. The van der Waals surface area contributed by atoms with Gasteiger partial charge in [0.15, 0.2) is 5.65 Å². The van der Waals surface area contributed by atoms with E-state index in [1.165, 1.54) is 16.7 Å². The molecule has 0 radical (unpaired) electrons. The third kappa shape index (κ3) is 2.01. The van der Waals surface area contributed by atoms with E-state index in [4.69, 9.17) is 0 Å². The van der Waals surface area contributed by atoms with Crippen LogP contribution in [0.25, 0.3) is 22.8 Å². The Morgan fingerprint density at radius 2 is 2.00 bits per heavy atom. The first-order valence-corrected chi connectivity index (χ1v) is 7.78. The van der Waals surface area contributed by atoms with Gasteiger partial charge in [-0.25, -0.2) is 9.97 Å². The lowest BCUT2D eigenvalue weighted by Crippen LogP contribution is -1.88. The second-order valence-electron chi connectivity index (χ2n) is 4.80. The van der Waals surface area contributed by atoms with Crippen LogP contribution in [0.4, 0.5) is 0 Å². The third-order valence-corrected chi connectivity index (χ3v) is 4.35. The van der Waals surface area contributed by atoms with Crippen LogP contribution in [0.5, 0.6) is 0 Å². The van der Waals surface area contributed by atoms with Crippen molar-refractivity contribution in [3.05, 3.63) is 56.4 Å². The Kier molecular flexibility index (Phi) is 2.79. The van der Waals surface area contributed by atoms with Gasteiger partial charge in [0.2, 0.25) is 0 Å². The minimum Gasteiger partial charge on any atom is -0.337 e. The van der Waals surface area contributed by atoms with Crippen molar-refractivity contribution < 1.29 is 0 Å². The maximum Gasteiger partial charge on any atom is 0.178 e. The van der Waals surface area contributed by atoms with E-state index >= 15 is 0 Å². The number of halogens is 2. The van der Waals surface area contributed by atoms with Crippen LogP contribution in [0.1, 0.15) is 17.0 Å². The summed E-state index contributed by atoms with van der Waals surface area (Å²) in [5.41, 5.74) is 5.49. The molecule has 0 saturated carbocycles. The topological polar surface area (TPSA) is 41.6 Å². The van der Waals surface area contributed by atoms with Gasteiger partial charge in [0, 0.05) is 21.6 Å². The molecule has 4 rings (SSSR count). The number of hydrogen-bond acceptors (Lipinski definition) is 2. The van der Waals surface area contributed by atoms with E-state index in [-0.39, 0.29) is 0 Å². The van der Waals surface area contributed by atoms with E-state index in [1.54, 1.807) is 6.20 Å². The molecule has 20 heavy (non-hydrogen) atoms. The Hall–Kier alpha value is -1.46. The summed E-state index contributed by atoms with van der Waals surface area (Å²) in [4.78, 5) is 12.2. The van der Waals surface area contributed by atoms with Gasteiger partial charge in [0.25, 0.3) is 0 Å². The van der Waals surface area contributed by atoms with Gasteiger partial charge in [0.1, 0.15) is 5.82 Å². The predicted molar refractivity (Wildman–Crippen MR) is 87.3 cm³/mol. The largest absolute Gasteiger partial charge is 0.337 e. The molecule has 2 heterocycles. The van der Waals surface area contributed by atoms with Crippen molar-refractivity contribution >= 4 is 54.7 Å². The summed E-state index contributed by atoms with van der Waals surface area (Å²) in [5, 5.41) is 0. The lowest BCUT2D eigenvalue weighted by molar-refractivity contribution is 1.19. The molecule has 0 amide bonds.